The van der Waals surface area contributed by atoms with E-state index in [2.05, 4.69) is 24.1 Å². The van der Waals surface area contributed by atoms with Crippen molar-refractivity contribution >= 4 is 17.4 Å². The number of halogens is 1. The minimum absolute atomic E-state index is 0.740. The van der Waals surface area contributed by atoms with E-state index < -0.39 is 0 Å². The summed E-state index contributed by atoms with van der Waals surface area (Å²) in [4.78, 5) is 7.04. The first-order valence-corrected chi connectivity index (χ1v) is 7.23. The molecule has 1 aromatic heterocycles. The van der Waals surface area contributed by atoms with Crippen LogP contribution >= 0.6 is 11.6 Å². The standard InChI is InChI=1S/C14H22ClN3/c1-3-16-9-13-12(15)7-8-14(17-13)18(4-2)10-11-5-6-11/h7-8,11,16H,3-6,9-10H2,1-2H3. The van der Waals surface area contributed by atoms with Crippen molar-refractivity contribution in [3.63, 3.8) is 0 Å². The van der Waals surface area contributed by atoms with Gasteiger partial charge in [0.05, 0.1) is 10.7 Å². The van der Waals surface area contributed by atoms with E-state index >= 15 is 0 Å². The second kappa shape index (κ2) is 6.39. The summed E-state index contributed by atoms with van der Waals surface area (Å²) in [5, 5.41) is 4.03. The average molecular weight is 268 g/mol. The van der Waals surface area contributed by atoms with Crippen molar-refractivity contribution in [2.24, 2.45) is 5.92 Å². The molecule has 0 saturated heterocycles. The van der Waals surface area contributed by atoms with Gasteiger partial charge in [0.15, 0.2) is 0 Å². The summed E-state index contributed by atoms with van der Waals surface area (Å²) < 4.78 is 0. The van der Waals surface area contributed by atoms with Crippen LogP contribution in [0.25, 0.3) is 0 Å². The van der Waals surface area contributed by atoms with Crippen LogP contribution in [0.15, 0.2) is 12.1 Å². The summed E-state index contributed by atoms with van der Waals surface area (Å²) in [7, 11) is 0. The van der Waals surface area contributed by atoms with E-state index in [1.165, 1.54) is 12.8 Å². The Kier molecular flexibility index (Phi) is 4.84. The Bertz CT molecular complexity index is 391. The third-order valence-corrected chi connectivity index (χ3v) is 3.67. The van der Waals surface area contributed by atoms with Gasteiger partial charge in [-0.1, -0.05) is 18.5 Å². The molecule has 1 aliphatic carbocycles. The molecular weight excluding hydrogens is 246 g/mol. The third kappa shape index (κ3) is 3.59. The molecule has 0 bridgehead atoms. The molecule has 0 aromatic carbocycles. The van der Waals surface area contributed by atoms with Crippen LogP contribution in [0, 0.1) is 5.92 Å². The lowest BCUT2D eigenvalue weighted by atomic mass is 10.3. The predicted octanol–water partition coefficient (Wildman–Crippen LogP) is 3.08. The lowest BCUT2D eigenvalue weighted by Crippen LogP contribution is -2.26. The molecule has 1 fully saturated rings. The van der Waals surface area contributed by atoms with Crippen LogP contribution in [0.2, 0.25) is 5.02 Å². The van der Waals surface area contributed by atoms with Crippen molar-refractivity contribution < 1.29 is 0 Å². The Labute approximate surface area is 115 Å². The zero-order valence-electron chi connectivity index (χ0n) is 11.2. The van der Waals surface area contributed by atoms with E-state index in [1.54, 1.807) is 0 Å². The zero-order chi connectivity index (χ0) is 13.0. The molecule has 0 aliphatic heterocycles. The van der Waals surface area contributed by atoms with Gasteiger partial charge in [-0.05, 0) is 44.4 Å². The van der Waals surface area contributed by atoms with E-state index in [0.29, 0.717) is 0 Å². The SMILES string of the molecule is CCNCc1nc(N(CC)CC2CC2)ccc1Cl. The quantitative estimate of drug-likeness (QED) is 0.823. The van der Waals surface area contributed by atoms with Gasteiger partial charge < -0.3 is 10.2 Å². The van der Waals surface area contributed by atoms with E-state index in [-0.39, 0.29) is 0 Å². The van der Waals surface area contributed by atoms with E-state index in [4.69, 9.17) is 16.6 Å². The number of nitrogens with one attached hydrogen (secondary N) is 1. The number of hydrogen-bond donors (Lipinski definition) is 1. The molecule has 4 heteroatoms. The van der Waals surface area contributed by atoms with Crippen LogP contribution in [0.1, 0.15) is 32.4 Å². The smallest absolute Gasteiger partial charge is 0.128 e. The largest absolute Gasteiger partial charge is 0.357 e. The van der Waals surface area contributed by atoms with Gasteiger partial charge in [-0.25, -0.2) is 4.98 Å². The zero-order valence-corrected chi connectivity index (χ0v) is 12.0. The molecule has 0 spiro atoms. The van der Waals surface area contributed by atoms with Crippen LogP contribution in [-0.2, 0) is 6.54 Å². The minimum atomic E-state index is 0.740. The summed E-state index contributed by atoms with van der Waals surface area (Å²) in [6, 6.07) is 4.00. The fourth-order valence-corrected chi connectivity index (χ4v) is 2.19. The van der Waals surface area contributed by atoms with Crippen LogP contribution in [-0.4, -0.2) is 24.6 Å². The van der Waals surface area contributed by atoms with Crippen LogP contribution in [0.5, 0.6) is 0 Å². The number of rotatable bonds is 7. The lowest BCUT2D eigenvalue weighted by molar-refractivity contribution is 0.698. The van der Waals surface area contributed by atoms with Crippen molar-refractivity contribution in [1.29, 1.82) is 0 Å². The van der Waals surface area contributed by atoms with E-state index in [1.807, 2.05) is 12.1 Å². The first kappa shape index (κ1) is 13.6. The summed E-state index contributed by atoms with van der Waals surface area (Å²) in [6.07, 6.45) is 2.74. The van der Waals surface area contributed by atoms with Gasteiger partial charge in [0.25, 0.3) is 0 Å². The molecule has 1 saturated carbocycles. The van der Waals surface area contributed by atoms with Crippen molar-refractivity contribution in [1.82, 2.24) is 10.3 Å². The fraction of sp³-hybridized carbons (Fsp3) is 0.643. The molecular formula is C14H22ClN3. The highest BCUT2D eigenvalue weighted by atomic mass is 35.5. The molecule has 0 atom stereocenters. The van der Waals surface area contributed by atoms with E-state index in [9.17, 15) is 0 Å². The number of aromatic nitrogens is 1. The van der Waals surface area contributed by atoms with Gasteiger partial charge in [-0.2, -0.15) is 0 Å². The maximum absolute atomic E-state index is 6.18. The minimum Gasteiger partial charge on any atom is -0.357 e. The maximum atomic E-state index is 6.18. The van der Waals surface area contributed by atoms with Gasteiger partial charge in [0.2, 0.25) is 0 Å². The Hall–Kier alpha value is -0.800. The van der Waals surface area contributed by atoms with Gasteiger partial charge in [0.1, 0.15) is 5.82 Å². The van der Waals surface area contributed by atoms with Crippen molar-refractivity contribution in [2.45, 2.75) is 33.2 Å². The van der Waals surface area contributed by atoms with Gasteiger partial charge in [0, 0.05) is 19.6 Å². The van der Waals surface area contributed by atoms with Gasteiger partial charge in [-0.3, -0.25) is 0 Å². The highest BCUT2D eigenvalue weighted by Crippen LogP contribution is 2.31. The Morgan fingerprint density at radius 2 is 2.17 bits per heavy atom. The monoisotopic (exact) mass is 267 g/mol. The van der Waals surface area contributed by atoms with Crippen LogP contribution < -0.4 is 10.2 Å². The lowest BCUT2D eigenvalue weighted by Gasteiger charge is -2.22. The first-order chi connectivity index (χ1) is 8.74. The topological polar surface area (TPSA) is 28.2 Å². The molecule has 1 aromatic rings. The molecule has 0 unspecified atom stereocenters. The molecule has 1 aliphatic rings. The Balaban J connectivity index is 2.10. The molecule has 100 valence electrons. The first-order valence-electron chi connectivity index (χ1n) is 6.85. The van der Waals surface area contributed by atoms with Crippen molar-refractivity contribution in [3.05, 3.63) is 22.8 Å². The highest BCUT2D eigenvalue weighted by molar-refractivity contribution is 6.31. The summed E-state index contributed by atoms with van der Waals surface area (Å²) >= 11 is 6.18. The Morgan fingerprint density at radius 3 is 2.78 bits per heavy atom. The van der Waals surface area contributed by atoms with Gasteiger partial charge >= 0.3 is 0 Å². The summed E-state index contributed by atoms with van der Waals surface area (Å²) in [6.45, 7) is 8.08. The molecule has 0 amide bonds. The molecule has 2 rings (SSSR count). The molecule has 0 radical (unpaired) electrons. The van der Waals surface area contributed by atoms with Crippen molar-refractivity contribution in [2.75, 3.05) is 24.5 Å². The third-order valence-electron chi connectivity index (χ3n) is 3.33. The fourth-order valence-electron chi connectivity index (χ4n) is 2.01. The second-order valence-electron chi connectivity index (χ2n) is 4.86. The normalized spacial score (nSPS) is 14.8. The highest BCUT2D eigenvalue weighted by Gasteiger charge is 2.24. The van der Waals surface area contributed by atoms with Crippen LogP contribution in [0.4, 0.5) is 5.82 Å². The second-order valence-corrected chi connectivity index (χ2v) is 5.27. The molecule has 3 nitrogen and oxygen atoms in total. The summed E-state index contributed by atoms with van der Waals surface area (Å²) in [5.74, 6) is 1.93. The van der Waals surface area contributed by atoms with E-state index in [0.717, 1.165) is 48.6 Å². The number of pyridine rings is 1. The average Bonchev–Trinajstić information content (AvgIpc) is 3.19. The van der Waals surface area contributed by atoms with Gasteiger partial charge in [-0.15, -0.1) is 0 Å². The maximum Gasteiger partial charge on any atom is 0.128 e. The molecule has 1 heterocycles. The van der Waals surface area contributed by atoms with Crippen LogP contribution in [0.3, 0.4) is 0 Å². The molecule has 1 N–H and O–H groups in total. The predicted molar refractivity (Wildman–Crippen MR) is 77.2 cm³/mol. The number of nitrogens with zero attached hydrogens (tertiary/aromatic N) is 2. The number of anilines is 1. The summed E-state index contributed by atoms with van der Waals surface area (Å²) in [5.41, 5.74) is 0.949. The Morgan fingerprint density at radius 1 is 1.39 bits per heavy atom. The number of hydrogen-bond acceptors (Lipinski definition) is 3. The van der Waals surface area contributed by atoms with Crippen molar-refractivity contribution in [3.8, 4) is 0 Å². The molecule has 18 heavy (non-hydrogen) atoms.